The molecule has 0 spiro atoms. The number of fused-ring (bicyclic) bond motifs is 1. The van der Waals surface area contributed by atoms with E-state index in [1.807, 2.05) is 0 Å². The fourth-order valence-corrected chi connectivity index (χ4v) is 2.22. The first-order valence-electron chi connectivity index (χ1n) is 8.02. The Bertz CT molecular complexity index is 823. The average molecular weight is 357 g/mol. The molecule has 1 amide bonds. The molecule has 0 bridgehead atoms. The van der Waals surface area contributed by atoms with Gasteiger partial charge in [0.15, 0.2) is 11.5 Å². The maximum atomic E-state index is 12.2. The minimum Gasteiger partial charge on any atom is -0.454 e. The van der Waals surface area contributed by atoms with E-state index in [0.717, 1.165) is 0 Å². The largest absolute Gasteiger partial charge is 0.454 e. The smallest absolute Gasteiger partial charge is 0.412 e. The Morgan fingerprint density at radius 2 is 1.69 bits per heavy atom. The Balaban J connectivity index is 1.61. The van der Waals surface area contributed by atoms with E-state index in [1.54, 1.807) is 63.2 Å². The van der Waals surface area contributed by atoms with E-state index in [4.69, 9.17) is 18.9 Å². The van der Waals surface area contributed by atoms with Crippen LogP contribution >= 0.6 is 0 Å². The quantitative estimate of drug-likeness (QED) is 0.661. The number of anilines is 1. The third-order valence-electron chi connectivity index (χ3n) is 3.32. The summed E-state index contributed by atoms with van der Waals surface area (Å²) >= 11 is 0. The van der Waals surface area contributed by atoms with Crippen molar-refractivity contribution in [3.63, 3.8) is 0 Å². The zero-order chi connectivity index (χ0) is 18.7. The molecule has 0 aromatic heterocycles. The van der Waals surface area contributed by atoms with E-state index in [0.29, 0.717) is 28.5 Å². The molecule has 2 aromatic rings. The second kappa shape index (κ2) is 6.95. The first-order valence-corrected chi connectivity index (χ1v) is 8.02. The lowest BCUT2D eigenvalue weighted by molar-refractivity contribution is 0.0635. The van der Waals surface area contributed by atoms with Crippen LogP contribution in [0.3, 0.4) is 0 Å². The first-order chi connectivity index (χ1) is 12.3. The molecule has 0 saturated carbocycles. The van der Waals surface area contributed by atoms with Crippen molar-refractivity contribution in [2.24, 2.45) is 0 Å². The highest BCUT2D eigenvalue weighted by molar-refractivity contribution is 5.92. The van der Waals surface area contributed by atoms with Crippen molar-refractivity contribution in [3.05, 3.63) is 48.0 Å². The van der Waals surface area contributed by atoms with Gasteiger partial charge < -0.3 is 18.9 Å². The third-order valence-corrected chi connectivity index (χ3v) is 3.32. The number of rotatable bonds is 3. The molecule has 7 nitrogen and oxygen atoms in total. The van der Waals surface area contributed by atoms with Crippen LogP contribution in [0, 0.1) is 0 Å². The summed E-state index contributed by atoms with van der Waals surface area (Å²) in [6.45, 7) is 5.49. The van der Waals surface area contributed by atoms with E-state index in [9.17, 15) is 9.59 Å². The summed E-state index contributed by atoms with van der Waals surface area (Å²) in [6.07, 6.45) is -0.562. The molecule has 2 aromatic carbocycles. The van der Waals surface area contributed by atoms with Crippen LogP contribution in [0.5, 0.6) is 17.2 Å². The van der Waals surface area contributed by atoms with Gasteiger partial charge in [-0.1, -0.05) is 0 Å². The van der Waals surface area contributed by atoms with Crippen molar-refractivity contribution in [1.82, 2.24) is 0 Å². The minimum absolute atomic E-state index is 0.152. The van der Waals surface area contributed by atoms with Gasteiger partial charge in [-0.3, -0.25) is 5.32 Å². The summed E-state index contributed by atoms with van der Waals surface area (Å²) in [6, 6.07) is 11.2. The summed E-state index contributed by atoms with van der Waals surface area (Å²) in [7, 11) is 0. The van der Waals surface area contributed by atoms with E-state index < -0.39 is 17.7 Å². The van der Waals surface area contributed by atoms with Gasteiger partial charge in [-0.2, -0.15) is 0 Å². The topological polar surface area (TPSA) is 83.1 Å². The van der Waals surface area contributed by atoms with E-state index >= 15 is 0 Å². The number of ether oxygens (including phenoxy) is 4. The number of esters is 1. The van der Waals surface area contributed by atoms with Crippen LogP contribution in [0.4, 0.5) is 10.5 Å². The fourth-order valence-electron chi connectivity index (χ4n) is 2.22. The van der Waals surface area contributed by atoms with Crippen molar-refractivity contribution in [3.8, 4) is 17.2 Å². The Morgan fingerprint density at radius 3 is 2.38 bits per heavy atom. The number of hydrogen-bond donors (Lipinski definition) is 1. The van der Waals surface area contributed by atoms with Gasteiger partial charge >= 0.3 is 12.1 Å². The molecule has 1 heterocycles. The lowest BCUT2D eigenvalue weighted by Crippen LogP contribution is -2.27. The predicted molar refractivity (Wildman–Crippen MR) is 93.8 cm³/mol. The summed E-state index contributed by atoms with van der Waals surface area (Å²) in [5, 5.41) is 2.60. The molecule has 3 rings (SSSR count). The molecular weight excluding hydrogens is 338 g/mol. The molecule has 0 unspecified atom stereocenters. The number of amides is 1. The highest BCUT2D eigenvalue weighted by atomic mass is 16.7. The second-order valence-electron chi connectivity index (χ2n) is 6.61. The molecule has 0 fully saturated rings. The summed E-state index contributed by atoms with van der Waals surface area (Å²) in [5.74, 6) is 0.984. The minimum atomic E-state index is -0.585. The van der Waals surface area contributed by atoms with Gasteiger partial charge in [0.1, 0.15) is 11.4 Å². The Hall–Kier alpha value is -3.22. The van der Waals surface area contributed by atoms with Crippen molar-refractivity contribution in [1.29, 1.82) is 0 Å². The summed E-state index contributed by atoms with van der Waals surface area (Å²) < 4.78 is 21.0. The third kappa shape index (κ3) is 4.44. The molecular formula is C19H19NO6. The van der Waals surface area contributed by atoms with Gasteiger partial charge in [0.25, 0.3) is 0 Å². The maximum Gasteiger partial charge on any atom is 0.412 e. The number of nitrogens with one attached hydrogen (secondary N) is 1. The summed E-state index contributed by atoms with van der Waals surface area (Å²) in [4.78, 5) is 24.0. The Labute approximate surface area is 150 Å². The summed E-state index contributed by atoms with van der Waals surface area (Å²) in [5.41, 5.74) is 0.273. The molecule has 1 aliphatic rings. The van der Waals surface area contributed by atoms with Gasteiger partial charge in [0.2, 0.25) is 6.79 Å². The van der Waals surface area contributed by atoms with Crippen molar-refractivity contribution >= 4 is 17.7 Å². The van der Waals surface area contributed by atoms with Gasteiger partial charge in [0.05, 0.1) is 5.56 Å². The van der Waals surface area contributed by atoms with Crippen LogP contribution in [0.25, 0.3) is 0 Å². The lowest BCUT2D eigenvalue weighted by Gasteiger charge is -2.19. The van der Waals surface area contributed by atoms with Crippen LogP contribution < -0.4 is 19.5 Å². The molecule has 7 heteroatoms. The van der Waals surface area contributed by atoms with Crippen LogP contribution in [0.2, 0.25) is 0 Å². The molecule has 0 atom stereocenters. The SMILES string of the molecule is CC(C)(C)OC(=O)Nc1ccc(C(=O)Oc2ccc3c(c2)OCO3)cc1. The zero-order valence-electron chi connectivity index (χ0n) is 14.7. The van der Waals surface area contributed by atoms with E-state index in [2.05, 4.69) is 5.32 Å². The monoisotopic (exact) mass is 357 g/mol. The number of benzene rings is 2. The highest BCUT2D eigenvalue weighted by Crippen LogP contribution is 2.35. The second-order valence-corrected chi connectivity index (χ2v) is 6.61. The molecule has 0 radical (unpaired) electrons. The molecule has 26 heavy (non-hydrogen) atoms. The molecule has 136 valence electrons. The lowest BCUT2D eigenvalue weighted by atomic mass is 10.2. The standard InChI is InChI=1S/C19H19NO6/c1-19(2,3)26-18(22)20-13-6-4-12(5-7-13)17(21)25-14-8-9-15-16(10-14)24-11-23-15/h4-10H,11H2,1-3H3,(H,20,22). The van der Waals surface area contributed by atoms with Crippen LogP contribution in [-0.2, 0) is 4.74 Å². The van der Waals surface area contributed by atoms with Gasteiger partial charge in [-0.05, 0) is 57.2 Å². The predicted octanol–water partition coefficient (Wildman–Crippen LogP) is 3.98. The van der Waals surface area contributed by atoms with Gasteiger partial charge in [0, 0.05) is 11.8 Å². The van der Waals surface area contributed by atoms with Crippen molar-refractivity contribution in [2.45, 2.75) is 26.4 Å². The first kappa shape index (κ1) is 17.6. The molecule has 0 aliphatic carbocycles. The van der Waals surface area contributed by atoms with E-state index in [1.165, 1.54) is 0 Å². The van der Waals surface area contributed by atoms with Crippen LogP contribution in [0.1, 0.15) is 31.1 Å². The van der Waals surface area contributed by atoms with Crippen LogP contribution in [-0.4, -0.2) is 24.5 Å². The Morgan fingerprint density at radius 1 is 1.00 bits per heavy atom. The average Bonchev–Trinajstić information content (AvgIpc) is 3.01. The van der Waals surface area contributed by atoms with Crippen molar-refractivity contribution in [2.75, 3.05) is 12.1 Å². The molecule has 0 saturated heterocycles. The zero-order valence-corrected chi connectivity index (χ0v) is 14.7. The fraction of sp³-hybridized carbons (Fsp3) is 0.263. The van der Waals surface area contributed by atoms with Gasteiger partial charge in [-0.25, -0.2) is 9.59 Å². The number of carbonyl (C=O) groups is 2. The van der Waals surface area contributed by atoms with Crippen molar-refractivity contribution < 1.29 is 28.5 Å². The van der Waals surface area contributed by atoms with Gasteiger partial charge in [-0.15, -0.1) is 0 Å². The van der Waals surface area contributed by atoms with E-state index in [-0.39, 0.29) is 6.79 Å². The number of carbonyl (C=O) groups excluding carboxylic acids is 2. The van der Waals surface area contributed by atoms with Crippen LogP contribution in [0.15, 0.2) is 42.5 Å². The number of hydrogen-bond acceptors (Lipinski definition) is 6. The molecule has 1 aliphatic heterocycles. The Kier molecular flexibility index (Phi) is 4.71. The highest BCUT2D eigenvalue weighted by Gasteiger charge is 2.17. The normalized spacial score (nSPS) is 12.4. The molecule has 1 N–H and O–H groups in total. The maximum absolute atomic E-state index is 12.2.